The van der Waals surface area contributed by atoms with Crippen LogP contribution in [0.2, 0.25) is 0 Å². The molecule has 0 spiro atoms. The van der Waals surface area contributed by atoms with E-state index < -0.39 is 0 Å². The topological polar surface area (TPSA) is 38.8 Å². The van der Waals surface area contributed by atoms with Crippen molar-refractivity contribution in [3.63, 3.8) is 0 Å². The molecule has 0 N–H and O–H groups in total. The molecular weight excluding hydrogens is 302 g/mol. The summed E-state index contributed by atoms with van der Waals surface area (Å²) in [5.41, 5.74) is 2.54. The maximum atomic E-state index is 12.7. The van der Waals surface area contributed by atoms with Crippen LogP contribution in [0.15, 0.2) is 18.2 Å². The van der Waals surface area contributed by atoms with Crippen LogP contribution in [-0.2, 0) is 16.0 Å². The van der Waals surface area contributed by atoms with Crippen LogP contribution >= 0.6 is 0 Å². The van der Waals surface area contributed by atoms with Gasteiger partial charge in [-0.15, -0.1) is 0 Å². The van der Waals surface area contributed by atoms with E-state index in [4.69, 9.17) is 9.47 Å². The van der Waals surface area contributed by atoms with E-state index >= 15 is 0 Å². The largest absolute Gasteiger partial charge is 0.497 e. The molecule has 0 bridgehead atoms. The summed E-state index contributed by atoms with van der Waals surface area (Å²) in [5, 5.41) is 0. The molecule has 1 heterocycles. The van der Waals surface area contributed by atoms with Crippen LogP contribution in [0.25, 0.3) is 0 Å². The summed E-state index contributed by atoms with van der Waals surface area (Å²) >= 11 is 0. The van der Waals surface area contributed by atoms with Crippen LogP contribution in [-0.4, -0.2) is 37.1 Å². The first-order valence-corrected chi connectivity index (χ1v) is 9.34. The molecule has 1 aromatic carbocycles. The molecule has 1 saturated heterocycles. The van der Waals surface area contributed by atoms with Crippen molar-refractivity contribution in [2.75, 3.05) is 20.3 Å². The SMILES string of the molecule is COc1ccc2c(c1)CCC1C2OCCN1C(=O)CCCC1CC1. The first-order chi connectivity index (χ1) is 11.8. The van der Waals surface area contributed by atoms with E-state index in [1.807, 2.05) is 6.07 Å². The molecule has 4 rings (SSSR count). The summed E-state index contributed by atoms with van der Waals surface area (Å²) in [5.74, 6) is 2.13. The summed E-state index contributed by atoms with van der Waals surface area (Å²) in [6.07, 6.45) is 7.73. The van der Waals surface area contributed by atoms with Crippen molar-refractivity contribution < 1.29 is 14.3 Å². The molecule has 0 aromatic heterocycles. The Kier molecular flexibility index (Phi) is 4.49. The second kappa shape index (κ2) is 6.75. The van der Waals surface area contributed by atoms with Crippen LogP contribution < -0.4 is 4.74 Å². The second-order valence-corrected chi connectivity index (χ2v) is 7.38. The molecule has 2 aliphatic carbocycles. The number of nitrogens with zero attached hydrogens (tertiary/aromatic N) is 1. The fourth-order valence-electron chi connectivity index (χ4n) is 4.23. The predicted molar refractivity (Wildman–Crippen MR) is 92.1 cm³/mol. The number of hydrogen-bond acceptors (Lipinski definition) is 3. The van der Waals surface area contributed by atoms with E-state index in [9.17, 15) is 4.79 Å². The lowest BCUT2D eigenvalue weighted by Gasteiger charge is -2.44. The Labute approximate surface area is 144 Å². The van der Waals surface area contributed by atoms with Gasteiger partial charge in [-0.1, -0.05) is 18.9 Å². The normalized spacial score (nSPS) is 25.8. The van der Waals surface area contributed by atoms with Gasteiger partial charge >= 0.3 is 0 Å². The number of aryl methyl sites for hydroxylation is 1. The quantitative estimate of drug-likeness (QED) is 0.830. The minimum atomic E-state index is 0.0285. The summed E-state index contributed by atoms with van der Waals surface area (Å²) in [6.45, 7) is 1.38. The number of ether oxygens (including phenoxy) is 2. The lowest BCUT2D eigenvalue weighted by atomic mass is 9.84. The zero-order chi connectivity index (χ0) is 16.5. The lowest BCUT2D eigenvalue weighted by Crippen LogP contribution is -2.51. The molecule has 1 aromatic rings. The smallest absolute Gasteiger partial charge is 0.222 e. The Balaban J connectivity index is 1.45. The van der Waals surface area contributed by atoms with Gasteiger partial charge in [-0.25, -0.2) is 0 Å². The van der Waals surface area contributed by atoms with E-state index in [0.29, 0.717) is 18.9 Å². The third-order valence-corrected chi connectivity index (χ3v) is 5.77. The number of carbonyl (C=O) groups is 1. The van der Waals surface area contributed by atoms with Crippen LogP contribution in [0.4, 0.5) is 0 Å². The molecule has 2 atom stereocenters. The first-order valence-electron chi connectivity index (χ1n) is 9.34. The number of fused-ring (bicyclic) bond motifs is 3. The highest BCUT2D eigenvalue weighted by molar-refractivity contribution is 5.76. The molecule has 4 nitrogen and oxygen atoms in total. The fourth-order valence-corrected chi connectivity index (χ4v) is 4.23. The average Bonchev–Trinajstić information content (AvgIpc) is 3.44. The molecular formula is C20H27NO3. The Morgan fingerprint density at radius 2 is 2.21 bits per heavy atom. The maximum absolute atomic E-state index is 12.7. The number of hydrogen-bond donors (Lipinski definition) is 0. The minimum absolute atomic E-state index is 0.0285. The summed E-state index contributed by atoms with van der Waals surface area (Å²) in [7, 11) is 1.70. The van der Waals surface area contributed by atoms with E-state index in [2.05, 4.69) is 17.0 Å². The van der Waals surface area contributed by atoms with Crippen LogP contribution in [0.1, 0.15) is 55.8 Å². The van der Waals surface area contributed by atoms with Crippen molar-refractivity contribution >= 4 is 5.91 Å². The molecule has 1 amide bonds. The molecule has 1 saturated carbocycles. The molecule has 2 unspecified atom stereocenters. The molecule has 1 aliphatic heterocycles. The van der Waals surface area contributed by atoms with Gasteiger partial charge in [-0.05, 0) is 54.9 Å². The van der Waals surface area contributed by atoms with Gasteiger partial charge in [0, 0.05) is 13.0 Å². The van der Waals surface area contributed by atoms with E-state index in [1.54, 1.807) is 7.11 Å². The molecule has 24 heavy (non-hydrogen) atoms. The number of carbonyl (C=O) groups excluding carboxylic acids is 1. The molecule has 0 radical (unpaired) electrons. The van der Waals surface area contributed by atoms with Gasteiger partial charge in [0.25, 0.3) is 0 Å². The van der Waals surface area contributed by atoms with Crippen LogP contribution in [0, 0.1) is 5.92 Å². The van der Waals surface area contributed by atoms with Crippen LogP contribution in [0.5, 0.6) is 5.75 Å². The van der Waals surface area contributed by atoms with E-state index in [1.165, 1.54) is 30.4 Å². The summed E-state index contributed by atoms with van der Waals surface area (Å²) < 4.78 is 11.4. The van der Waals surface area contributed by atoms with Gasteiger partial charge in [0.1, 0.15) is 11.9 Å². The number of rotatable bonds is 5. The third kappa shape index (κ3) is 3.16. The molecule has 3 aliphatic rings. The van der Waals surface area contributed by atoms with Gasteiger partial charge in [-0.2, -0.15) is 0 Å². The maximum Gasteiger partial charge on any atom is 0.222 e. The van der Waals surface area contributed by atoms with Crippen molar-refractivity contribution in [2.24, 2.45) is 5.92 Å². The summed E-state index contributed by atoms with van der Waals surface area (Å²) in [4.78, 5) is 14.8. The van der Waals surface area contributed by atoms with Gasteiger partial charge in [0.05, 0.1) is 19.8 Å². The van der Waals surface area contributed by atoms with Gasteiger partial charge in [0.15, 0.2) is 0 Å². The van der Waals surface area contributed by atoms with Crippen LogP contribution in [0.3, 0.4) is 0 Å². The zero-order valence-electron chi connectivity index (χ0n) is 14.5. The average molecular weight is 329 g/mol. The fraction of sp³-hybridized carbons (Fsp3) is 0.650. The van der Waals surface area contributed by atoms with Crippen molar-refractivity contribution in [1.82, 2.24) is 4.90 Å². The highest BCUT2D eigenvalue weighted by Crippen LogP contribution is 2.39. The van der Waals surface area contributed by atoms with E-state index in [0.717, 1.165) is 37.5 Å². The first kappa shape index (κ1) is 15.9. The van der Waals surface area contributed by atoms with Gasteiger partial charge < -0.3 is 14.4 Å². The number of morpholine rings is 1. The molecule has 4 heteroatoms. The summed E-state index contributed by atoms with van der Waals surface area (Å²) in [6, 6.07) is 6.44. The Bertz CT molecular complexity index is 611. The Hall–Kier alpha value is -1.55. The van der Waals surface area contributed by atoms with Gasteiger partial charge in [-0.3, -0.25) is 4.79 Å². The highest BCUT2D eigenvalue weighted by Gasteiger charge is 2.39. The van der Waals surface area contributed by atoms with Crippen molar-refractivity contribution in [2.45, 2.75) is 57.1 Å². The minimum Gasteiger partial charge on any atom is -0.497 e. The zero-order valence-corrected chi connectivity index (χ0v) is 14.5. The standard InChI is InChI=1S/C20H27NO3/c1-23-16-8-9-17-15(13-16)7-10-18-20(17)24-12-11-21(18)19(22)4-2-3-14-5-6-14/h8-9,13-14,18,20H,2-7,10-12H2,1H3. The predicted octanol–water partition coefficient (Wildman–Crippen LogP) is 3.49. The molecule has 130 valence electrons. The number of methoxy groups -OCH3 is 1. The highest BCUT2D eigenvalue weighted by atomic mass is 16.5. The number of benzene rings is 1. The Morgan fingerprint density at radius 1 is 1.33 bits per heavy atom. The number of amides is 1. The Morgan fingerprint density at radius 3 is 3.00 bits per heavy atom. The van der Waals surface area contributed by atoms with E-state index in [-0.39, 0.29) is 12.1 Å². The second-order valence-electron chi connectivity index (χ2n) is 7.38. The molecule has 2 fully saturated rings. The van der Waals surface area contributed by atoms with Gasteiger partial charge in [0.2, 0.25) is 5.91 Å². The van der Waals surface area contributed by atoms with Crippen molar-refractivity contribution in [1.29, 1.82) is 0 Å². The van der Waals surface area contributed by atoms with Crippen molar-refractivity contribution in [3.8, 4) is 5.75 Å². The van der Waals surface area contributed by atoms with Crippen molar-refractivity contribution in [3.05, 3.63) is 29.3 Å². The monoisotopic (exact) mass is 329 g/mol. The third-order valence-electron chi connectivity index (χ3n) is 5.77. The lowest BCUT2D eigenvalue weighted by molar-refractivity contribution is -0.148.